The maximum absolute atomic E-state index is 6.11. The monoisotopic (exact) mass is 208 g/mol. The lowest BCUT2D eigenvalue weighted by Crippen LogP contribution is -2.40. The molecule has 3 saturated carbocycles. The number of hydrogen-bond acceptors (Lipinski definition) is 3. The first-order valence-electron chi connectivity index (χ1n) is 6.01. The van der Waals surface area contributed by atoms with Crippen LogP contribution in [0.3, 0.4) is 0 Å². The van der Waals surface area contributed by atoms with Gasteiger partial charge < -0.3 is 14.2 Å². The van der Waals surface area contributed by atoms with E-state index in [4.69, 9.17) is 14.2 Å². The van der Waals surface area contributed by atoms with Crippen molar-refractivity contribution in [3.63, 3.8) is 0 Å². The van der Waals surface area contributed by atoms with Gasteiger partial charge in [-0.15, -0.1) is 0 Å². The van der Waals surface area contributed by atoms with Gasteiger partial charge in [0.1, 0.15) is 6.79 Å². The van der Waals surface area contributed by atoms with Gasteiger partial charge in [-0.3, -0.25) is 0 Å². The molecule has 2 heterocycles. The lowest BCUT2D eigenvalue weighted by atomic mass is 9.76. The fraction of sp³-hybridized carbons (Fsp3) is 1.00. The van der Waals surface area contributed by atoms with Crippen molar-refractivity contribution in [2.45, 2.75) is 38.1 Å². The van der Waals surface area contributed by atoms with Crippen LogP contribution in [0.4, 0.5) is 0 Å². The summed E-state index contributed by atoms with van der Waals surface area (Å²) in [6, 6.07) is 0. The highest BCUT2D eigenvalue weighted by Gasteiger charge is 2.96. The minimum absolute atomic E-state index is 0.145. The molecule has 82 valence electrons. The van der Waals surface area contributed by atoms with E-state index in [0.29, 0.717) is 36.3 Å². The molecular weight excluding hydrogens is 192 g/mol. The molecule has 15 heavy (non-hydrogen) atoms. The predicted molar refractivity (Wildman–Crippen MR) is 51.1 cm³/mol. The molecule has 3 nitrogen and oxygen atoms in total. The molecule has 2 saturated heterocycles. The third-order valence-corrected chi connectivity index (χ3v) is 5.94. The van der Waals surface area contributed by atoms with E-state index in [1.807, 2.05) is 0 Å². The lowest BCUT2D eigenvalue weighted by Gasteiger charge is -2.36. The summed E-state index contributed by atoms with van der Waals surface area (Å²) in [5, 5.41) is 0. The third-order valence-electron chi connectivity index (χ3n) is 5.94. The van der Waals surface area contributed by atoms with Crippen molar-refractivity contribution in [1.29, 1.82) is 0 Å². The average Bonchev–Trinajstić information content (AvgIpc) is 2.94. The molecule has 3 aliphatic carbocycles. The van der Waals surface area contributed by atoms with E-state index >= 15 is 0 Å². The molecule has 3 heteroatoms. The van der Waals surface area contributed by atoms with Crippen LogP contribution >= 0.6 is 0 Å². The van der Waals surface area contributed by atoms with Crippen molar-refractivity contribution in [2.24, 2.45) is 22.7 Å². The Balaban J connectivity index is 1.75. The van der Waals surface area contributed by atoms with Gasteiger partial charge in [0.25, 0.3) is 0 Å². The average molecular weight is 208 g/mol. The Labute approximate surface area is 89.1 Å². The van der Waals surface area contributed by atoms with Crippen LogP contribution in [0.2, 0.25) is 0 Å². The van der Waals surface area contributed by atoms with Gasteiger partial charge in [-0.2, -0.15) is 0 Å². The Hall–Kier alpha value is -0.120. The summed E-state index contributed by atoms with van der Waals surface area (Å²) in [6.07, 6.45) is 2.25. The summed E-state index contributed by atoms with van der Waals surface area (Å²) in [6.45, 7) is 6.15. The Kier molecular flexibility index (Phi) is 0.959. The highest BCUT2D eigenvalue weighted by molar-refractivity contribution is 5.43. The summed E-state index contributed by atoms with van der Waals surface area (Å²) in [4.78, 5) is 0. The molecule has 0 aromatic heterocycles. The second-order valence-corrected chi connectivity index (χ2v) is 6.68. The van der Waals surface area contributed by atoms with Crippen molar-refractivity contribution in [1.82, 2.24) is 0 Å². The summed E-state index contributed by atoms with van der Waals surface area (Å²) in [5.74, 6) is 1.40. The predicted octanol–water partition coefficient (Wildman–Crippen LogP) is 1.17. The van der Waals surface area contributed by atoms with E-state index in [2.05, 4.69) is 13.8 Å². The van der Waals surface area contributed by atoms with Crippen LogP contribution in [-0.2, 0) is 14.2 Å². The van der Waals surface area contributed by atoms with E-state index in [9.17, 15) is 0 Å². The Bertz CT molecular complexity index is 383. The molecule has 7 unspecified atom stereocenters. The van der Waals surface area contributed by atoms with Crippen LogP contribution in [0, 0.1) is 22.7 Å². The van der Waals surface area contributed by atoms with Gasteiger partial charge in [0.15, 0.2) is 0 Å². The molecule has 0 radical (unpaired) electrons. The van der Waals surface area contributed by atoms with Crippen LogP contribution in [0.1, 0.15) is 20.3 Å². The van der Waals surface area contributed by atoms with Gasteiger partial charge >= 0.3 is 0 Å². The fourth-order valence-electron chi connectivity index (χ4n) is 5.74. The maximum atomic E-state index is 6.11. The molecule has 0 aromatic rings. The molecule has 5 fully saturated rings. The van der Waals surface area contributed by atoms with E-state index < -0.39 is 0 Å². The summed E-state index contributed by atoms with van der Waals surface area (Å²) in [5.41, 5.74) is 0.782. The molecule has 0 aromatic carbocycles. The zero-order valence-electron chi connectivity index (χ0n) is 9.16. The minimum atomic E-state index is 0.145. The Morgan fingerprint density at radius 1 is 1.27 bits per heavy atom. The van der Waals surface area contributed by atoms with Crippen LogP contribution in [0.25, 0.3) is 0 Å². The first-order valence-corrected chi connectivity index (χ1v) is 6.01. The largest absolute Gasteiger partial charge is 0.368 e. The number of fused-ring (bicyclic) bond motifs is 3. The van der Waals surface area contributed by atoms with Gasteiger partial charge in [-0.05, 0) is 11.8 Å². The molecule has 5 rings (SSSR count). The van der Waals surface area contributed by atoms with E-state index in [0.717, 1.165) is 6.61 Å². The van der Waals surface area contributed by atoms with Crippen molar-refractivity contribution in [3.05, 3.63) is 0 Å². The van der Waals surface area contributed by atoms with Gasteiger partial charge in [0, 0.05) is 17.3 Å². The van der Waals surface area contributed by atoms with Crippen LogP contribution in [0.5, 0.6) is 0 Å². The third kappa shape index (κ3) is 0.546. The van der Waals surface area contributed by atoms with Gasteiger partial charge in [-0.1, -0.05) is 13.8 Å². The minimum Gasteiger partial charge on any atom is -0.368 e. The molecular formula is C12H16O3. The number of ether oxygens (including phenoxy) is 3. The molecule has 0 N–H and O–H groups in total. The van der Waals surface area contributed by atoms with Crippen LogP contribution < -0.4 is 0 Å². The van der Waals surface area contributed by atoms with Crippen molar-refractivity contribution in [2.75, 3.05) is 13.4 Å². The van der Waals surface area contributed by atoms with Gasteiger partial charge in [0.2, 0.25) is 0 Å². The quantitative estimate of drug-likeness (QED) is 0.560. The highest BCUT2D eigenvalue weighted by Crippen LogP contribution is 2.88. The number of hydrogen-bond donors (Lipinski definition) is 0. The molecule has 5 aliphatic rings. The zero-order valence-corrected chi connectivity index (χ0v) is 9.16. The standard InChI is InChI=1S/C12H16O3/c1-10-3-11(2)9-7(15-9)6-8(10)12(6,11)14-5-13-4-10/h6-9H,3-5H2,1-2H3. The first kappa shape index (κ1) is 8.04. The molecule has 7 atom stereocenters. The molecule has 1 spiro atoms. The van der Waals surface area contributed by atoms with Gasteiger partial charge in [-0.25, -0.2) is 0 Å². The van der Waals surface area contributed by atoms with E-state index in [1.54, 1.807) is 0 Å². The fourth-order valence-corrected chi connectivity index (χ4v) is 5.74. The van der Waals surface area contributed by atoms with E-state index in [-0.39, 0.29) is 11.0 Å². The number of rotatable bonds is 0. The normalized spacial score (nSPS) is 77.2. The summed E-state index contributed by atoms with van der Waals surface area (Å²) in [7, 11) is 0. The Morgan fingerprint density at radius 2 is 2.13 bits per heavy atom. The lowest BCUT2D eigenvalue weighted by molar-refractivity contribution is -0.163. The summed E-state index contributed by atoms with van der Waals surface area (Å²) < 4.78 is 17.5. The first-order chi connectivity index (χ1) is 7.14. The smallest absolute Gasteiger partial charge is 0.147 e. The molecule has 2 bridgehead atoms. The maximum Gasteiger partial charge on any atom is 0.147 e. The molecule has 2 aliphatic heterocycles. The highest BCUT2D eigenvalue weighted by atomic mass is 16.7. The molecule has 0 amide bonds. The SMILES string of the molecule is CC12COCOC34C(C5OC5C3(C)C1)C24. The van der Waals surface area contributed by atoms with Crippen molar-refractivity contribution in [3.8, 4) is 0 Å². The van der Waals surface area contributed by atoms with E-state index in [1.165, 1.54) is 6.42 Å². The van der Waals surface area contributed by atoms with Gasteiger partial charge in [0.05, 0.1) is 24.4 Å². The van der Waals surface area contributed by atoms with Crippen molar-refractivity contribution >= 4 is 0 Å². The number of epoxide rings is 1. The topological polar surface area (TPSA) is 31.0 Å². The summed E-state index contributed by atoms with van der Waals surface area (Å²) >= 11 is 0. The Morgan fingerprint density at radius 3 is 2.93 bits per heavy atom. The van der Waals surface area contributed by atoms with Crippen molar-refractivity contribution < 1.29 is 14.2 Å². The van der Waals surface area contributed by atoms with Crippen LogP contribution in [-0.4, -0.2) is 31.2 Å². The zero-order chi connectivity index (χ0) is 10.1. The second kappa shape index (κ2) is 1.79. The van der Waals surface area contributed by atoms with Crippen LogP contribution in [0.15, 0.2) is 0 Å². The second-order valence-electron chi connectivity index (χ2n) is 6.68.